The molecule has 57 heavy (non-hydrogen) atoms. The monoisotopic (exact) mass is 729 g/mol. The lowest BCUT2D eigenvalue weighted by Gasteiger charge is -2.30. The van der Waals surface area contributed by atoms with Crippen molar-refractivity contribution in [2.45, 2.75) is 0 Å². The van der Waals surface area contributed by atoms with Gasteiger partial charge in [0.2, 0.25) is 0 Å². The van der Waals surface area contributed by atoms with E-state index in [1.807, 2.05) is 24.3 Å². The molecule has 3 nitrogen and oxygen atoms in total. The number of fused-ring (bicyclic) bond motifs is 6. The van der Waals surface area contributed by atoms with Crippen molar-refractivity contribution in [2.75, 3.05) is 4.90 Å². The van der Waals surface area contributed by atoms with E-state index in [0.717, 1.165) is 94.3 Å². The van der Waals surface area contributed by atoms with E-state index >= 15 is 0 Å². The third-order valence-electron chi connectivity index (χ3n) is 11.1. The molecular formula is C54H35NO2. The summed E-state index contributed by atoms with van der Waals surface area (Å²) in [5.41, 5.74) is 15.7. The molecule has 268 valence electrons. The molecule has 9 aromatic carbocycles. The maximum atomic E-state index is 6.56. The van der Waals surface area contributed by atoms with E-state index in [-0.39, 0.29) is 0 Å². The van der Waals surface area contributed by atoms with Crippen molar-refractivity contribution >= 4 is 60.9 Å². The topological polar surface area (TPSA) is 29.5 Å². The van der Waals surface area contributed by atoms with Crippen molar-refractivity contribution in [3.05, 3.63) is 212 Å². The summed E-state index contributed by atoms with van der Waals surface area (Å²) in [7, 11) is 0. The Labute approximate surface area is 330 Å². The Morgan fingerprint density at radius 2 is 0.825 bits per heavy atom. The second kappa shape index (κ2) is 13.6. The van der Waals surface area contributed by atoms with E-state index in [0.29, 0.717) is 0 Å². The molecule has 0 aliphatic heterocycles. The molecule has 2 aromatic heterocycles. The molecule has 11 aromatic rings. The lowest BCUT2D eigenvalue weighted by molar-refractivity contribution is 0.669. The fourth-order valence-corrected chi connectivity index (χ4v) is 8.51. The highest BCUT2D eigenvalue weighted by Crippen LogP contribution is 2.49. The quantitative estimate of drug-likeness (QED) is 0.164. The van der Waals surface area contributed by atoms with Crippen LogP contribution in [0.3, 0.4) is 0 Å². The van der Waals surface area contributed by atoms with Gasteiger partial charge in [-0.2, -0.15) is 0 Å². The van der Waals surface area contributed by atoms with E-state index in [4.69, 9.17) is 8.83 Å². The summed E-state index contributed by atoms with van der Waals surface area (Å²) in [4.78, 5) is 2.41. The second-order valence-corrected chi connectivity index (χ2v) is 14.4. The van der Waals surface area contributed by atoms with Gasteiger partial charge in [0.15, 0.2) is 0 Å². The number of hydrogen-bond donors (Lipinski definition) is 0. The molecule has 0 radical (unpaired) electrons. The standard InChI is InChI=1S/C54H35NO2/c1-3-16-36(17-4-1)41-22-7-8-25-46(41)53-42(37-18-5-2-6-19-37)26-15-29-49(53)55(40-32-33-52-48(35-40)45-24-10-11-30-50(45)56-52)39-21-13-20-38(34-39)43-27-14-28-47-44-23-9-12-31-51(44)57-54(43)47/h1-35H. The van der Waals surface area contributed by atoms with Gasteiger partial charge in [-0.3, -0.25) is 0 Å². The predicted octanol–water partition coefficient (Wildman–Crippen LogP) is 15.6. The van der Waals surface area contributed by atoms with Gasteiger partial charge in [0.1, 0.15) is 22.3 Å². The van der Waals surface area contributed by atoms with Crippen LogP contribution < -0.4 is 4.90 Å². The zero-order valence-electron chi connectivity index (χ0n) is 31.0. The van der Waals surface area contributed by atoms with Crippen LogP contribution in [0.5, 0.6) is 0 Å². The highest BCUT2D eigenvalue weighted by molar-refractivity contribution is 6.10. The maximum absolute atomic E-state index is 6.56. The first-order chi connectivity index (χ1) is 28.3. The molecule has 0 saturated carbocycles. The molecule has 3 heteroatoms. The van der Waals surface area contributed by atoms with Crippen molar-refractivity contribution in [3.8, 4) is 44.5 Å². The summed E-state index contributed by atoms with van der Waals surface area (Å²) in [5.74, 6) is 0. The number of nitrogens with zero attached hydrogens (tertiary/aromatic N) is 1. The number of rotatable bonds is 7. The Morgan fingerprint density at radius 3 is 1.61 bits per heavy atom. The summed E-state index contributed by atoms with van der Waals surface area (Å²) in [5, 5.41) is 4.39. The van der Waals surface area contributed by atoms with Crippen molar-refractivity contribution in [1.29, 1.82) is 0 Å². The molecule has 2 heterocycles. The van der Waals surface area contributed by atoms with E-state index in [1.54, 1.807) is 0 Å². The van der Waals surface area contributed by atoms with Crippen LogP contribution in [0.4, 0.5) is 17.1 Å². The van der Waals surface area contributed by atoms with E-state index in [1.165, 1.54) is 11.1 Å². The van der Waals surface area contributed by atoms with Gasteiger partial charge in [-0.05, 0) is 81.9 Å². The molecule has 0 fully saturated rings. The minimum absolute atomic E-state index is 0.859. The van der Waals surface area contributed by atoms with Crippen LogP contribution in [-0.2, 0) is 0 Å². The van der Waals surface area contributed by atoms with Gasteiger partial charge in [0.05, 0.1) is 5.69 Å². The molecule has 0 bridgehead atoms. The van der Waals surface area contributed by atoms with Gasteiger partial charge in [0, 0.05) is 44.0 Å². The lowest BCUT2D eigenvalue weighted by Crippen LogP contribution is -2.12. The first kappa shape index (κ1) is 32.8. The number of furan rings is 2. The zero-order valence-corrected chi connectivity index (χ0v) is 31.0. The largest absolute Gasteiger partial charge is 0.456 e. The fourth-order valence-electron chi connectivity index (χ4n) is 8.51. The summed E-state index contributed by atoms with van der Waals surface area (Å²) in [6.07, 6.45) is 0. The number of benzene rings is 9. The molecule has 0 amide bonds. The molecule has 0 aliphatic rings. The van der Waals surface area contributed by atoms with Crippen LogP contribution in [-0.4, -0.2) is 0 Å². The molecular weight excluding hydrogens is 695 g/mol. The van der Waals surface area contributed by atoms with Crippen LogP contribution in [0.2, 0.25) is 0 Å². The third-order valence-corrected chi connectivity index (χ3v) is 11.1. The van der Waals surface area contributed by atoms with Crippen molar-refractivity contribution in [3.63, 3.8) is 0 Å². The SMILES string of the molecule is c1ccc(-c2ccccc2-c2c(-c3ccccc3)cccc2N(c2cccc(-c3cccc4c3oc3ccccc34)c2)c2ccc3oc4ccccc4c3c2)cc1. The van der Waals surface area contributed by atoms with Crippen molar-refractivity contribution in [1.82, 2.24) is 0 Å². The normalized spacial score (nSPS) is 11.5. The third kappa shape index (κ3) is 5.60. The Bertz CT molecular complexity index is 3250. The van der Waals surface area contributed by atoms with Gasteiger partial charge < -0.3 is 13.7 Å². The molecule has 0 spiro atoms. The average Bonchev–Trinajstić information content (AvgIpc) is 3.86. The molecule has 11 rings (SSSR count). The Balaban J connectivity index is 1.20. The van der Waals surface area contributed by atoms with Crippen LogP contribution in [0.1, 0.15) is 0 Å². The molecule has 0 N–H and O–H groups in total. The van der Waals surface area contributed by atoms with Crippen LogP contribution >= 0.6 is 0 Å². The molecule has 0 saturated heterocycles. The van der Waals surface area contributed by atoms with Crippen LogP contribution in [0, 0.1) is 0 Å². The Hall–Kier alpha value is -7.62. The van der Waals surface area contributed by atoms with E-state index in [9.17, 15) is 0 Å². The zero-order chi connectivity index (χ0) is 37.7. The van der Waals surface area contributed by atoms with Crippen molar-refractivity contribution < 1.29 is 8.83 Å². The Kier molecular flexibility index (Phi) is 7.82. The van der Waals surface area contributed by atoms with Crippen LogP contribution in [0.15, 0.2) is 221 Å². The predicted molar refractivity (Wildman–Crippen MR) is 237 cm³/mol. The average molecular weight is 730 g/mol. The minimum Gasteiger partial charge on any atom is -0.456 e. The smallest absolute Gasteiger partial charge is 0.143 e. The Morgan fingerprint density at radius 1 is 0.298 bits per heavy atom. The second-order valence-electron chi connectivity index (χ2n) is 14.4. The number of anilines is 3. The summed E-state index contributed by atoms with van der Waals surface area (Å²) in [6, 6.07) is 75.3. The summed E-state index contributed by atoms with van der Waals surface area (Å²) in [6.45, 7) is 0. The van der Waals surface area contributed by atoms with Crippen LogP contribution in [0.25, 0.3) is 88.4 Å². The van der Waals surface area contributed by atoms with E-state index in [2.05, 4.69) is 193 Å². The highest BCUT2D eigenvalue weighted by atomic mass is 16.3. The maximum Gasteiger partial charge on any atom is 0.143 e. The lowest BCUT2D eigenvalue weighted by atomic mass is 9.87. The highest BCUT2D eigenvalue weighted by Gasteiger charge is 2.24. The van der Waals surface area contributed by atoms with E-state index < -0.39 is 0 Å². The molecule has 0 atom stereocenters. The van der Waals surface area contributed by atoms with Gasteiger partial charge >= 0.3 is 0 Å². The fraction of sp³-hybridized carbons (Fsp3) is 0. The van der Waals surface area contributed by atoms with Gasteiger partial charge in [0.25, 0.3) is 0 Å². The van der Waals surface area contributed by atoms with Gasteiger partial charge in [-0.15, -0.1) is 0 Å². The molecule has 0 aliphatic carbocycles. The summed E-state index contributed by atoms with van der Waals surface area (Å²) >= 11 is 0. The first-order valence-corrected chi connectivity index (χ1v) is 19.3. The number of para-hydroxylation sites is 3. The van der Waals surface area contributed by atoms with Gasteiger partial charge in [-0.25, -0.2) is 0 Å². The minimum atomic E-state index is 0.859. The molecule has 0 unspecified atom stereocenters. The first-order valence-electron chi connectivity index (χ1n) is 19.3. The van der Waals surface area contributed by atoms with Crippen molar-refractivity contribution in [2.24, 2.45) is 0 Å². The number of hydrogen-bond acceptors (Lipinski definition) is 3. The van der Waals surface area contributed by atoms with Gasteiger partial charge in [-0.1, -0.05) is 164 Å². The summed E-state index contributed by atoms with van der Waals surface area (Å²) < 4.78 is 12.9.